The van der Waals surface area contributed by atoms with E-state index >= 15 is 0 Å². The van der Waals surface area contributed by atoms with Gasteiger partial charge < -0.3 is 10.2 Å². The Morgan fingerprint density at radius 2 is 2.30 bits per heavy atom. The molecular formula is C19H29N5O3. The summed E-state index contributed by atoms with van der Waals surface area (Å²) >= 11 is 0. The summed E-state index contributed by atoms with van der Waals surface area (Å²) in [5.41, 5.74) is 3.81. The fourth-order valence-corrected chi connectivity index (χ4v) is 2.92. The van der Waals surface area contributed by atoms with E-state index in [0.29, 0.717) is 19.4 Å². The van der Waals surface area contributed by atoms with Crippen LogP contribution in [0.3, 0.4) is 0 Å². The third kappa shape index (κ3) is 7.21. The van der Waals surface area contributed by atoms with Crippen molar-refractivity contribution in [3.8, 4) is 11.8 Å². The molecule has 2 unspecified atom stereocenters. The van der Waals surface area contributed by atoms with Crippen LogP contribution in [0.15, 0.2) is 6.20 Å². The quantitative estimate of drug-likeness (QED) is 0.594. The highest BCUT2D eigenvalue weighted by Gasteiger charge is 2.20. The standard InChI is InChI=1S/C19H29N5O3/c1-3-27-22-18-11-5-4-8-12-24-16(13-21-23-24)9-6-7-10-17(15(2)25)20-14-19(18)26/h13,17-18,20,22H,3-4,6-10,12,14H2,1-2H3. The van der Waals surface area contributed by atoms with Gasteiger partial charge in [0.1, 0.15) is 5.78 Å². The maximum Gasteiger partial charge on any atom is 0.177 e. The highest BCUT2D eigenvalue weighted by atomic mass is 16.6. The summed E-state index contributed by atoms with van der Waals surface area (Å²) < 4.78 is 1.91. The van der Waals surface area contributed by atoms with Crippen LogP contribution in [-0.2, 0) is 27.4 Å². The molecule has 148 valence electrons. The van der Waals surface area contributed by atoms with Crippen molar-refractivity contribution < 1.29 is 14.4 Å². The molecule has 2 rings (SSSR count). The Labute approximate surface area is 160 Å². The second-order valence-corrected chi connectivity index (χ2v) is 6.61. The Morgan fingerprint density at radius 1 is 1.44 bits per heavy atom. The zero-order valence-corrected chi connectivity index (χ0v) is 16.2. The first-order chi connectivity index (χ1) is 13.1. The summed E-state index contributed by atoms with van der Waals surface area (Å²) in [6, 6.07) is -1.04. The normalized spacial score (nSPS) is 22.5. The van der Waals surface area contributed by atoms with Crippen molar-refractivity contribution in [2.24, 2.45) is 0 Å². The van der Waals surface area contributed by atoms with E-state index in [1.807, 2.05) is 11.6 Å². The van der Waals surface area contributed by atoms with Crippen molar-refractivity contribution in [3.05, 3.63) is 11.9 Å². The number of aryl methyl sites for hydroxylation is 2. The van der Waals surface area contributed by atoms with Gasteiger partial charge in [-0.3, -0.25) is 9.59 Å². The second kappa shape index (κ2) is 11.6. The lowest BCUT2D eigenvalue weighted by atomic mass is 10.0. The Bertz CT molecular complexity index is 676. The van der Waals surface area contributed by atoms with E-state index in [-0.39, 0.29) is 24.2 Å². The molecule has 1 aliphatic rings. The van der Waals surface area contributed by atoms with Crippen LogP contribution < -0.4 is 10.8 Å². The molecule has 0 fully saturated rings. The number of carbonyl (C=O) groups excluding carboxylic acids is 2. The number of aromatic nitrogens is 3. The lowest BCUT2D eigenvalue weighted by Crippen LogP contribution is -2.45. The minimum Gasteiger partial charge on any atom is -0.300 e. The van der Waals surface area contributed by atoms with Gasteiger partial charge in [0, 0.05) is 13.0 Å². The molecule has 0 spiro atoms. The maximum atomic E-state index is 12.5. The molecule has 0 radical (unpaired) electrons. The lowest BCUT2D eigenvalue weighted by molar-refractivity contribution is -0.123. The van der Waals surface area contributed by atoms with Crippen LogP contribution in [0.1, 0.15) is 51.6 Å². The number of hydroxylamine groups is 1. The van der Waals surface area contributed by atoms with E-state index in [1.165, 1.54) is 0 Å². The van der Waals surface area contributed by atoms with Gasteiger partial charge in [-0.15, -0.1) is 11.0 Å². The molecule has 2 heterocycles. The smallest absolute Gasteiger partial charge is 0.177 e. The number of hydrogen-bond donors (Lipinski definition) is 2. The molecule has 0 amide bonds. The maximum absolute atomic E-state index is 12.5. The van der Waals surface area contributed by atoms with Crippen molar-refractivity contribution in [2.75, 3.05) is 13.2 Å². The average Bonchev–Trinajstić information content (AvgIpc) is 3.09. The molecule has 0 saturated carbocycles. The predicted octanol–water partition coefficient (Wildman–Crippen LogP) is 0.814. The Kier molecular flexibility index (Phi) is 9.11. The molecular weight excluding hydrogens is 346 g/mol. The highest BCUT2D eigenvalue weighted by molar-refractivity contribution is 5.89. The first-order valence-corrected chi connectivity index (χ1v) is 9.61. The van der Waals surface area contributed by atoms with E-state index in [4.69, 9.17) is 4.84 Å². The Hall–Kier alpha value is -2.08. The van der Waals surface area contributed by atoms with Crippen molar-refractivity contribution in [2.45, 2.75) is 71.0 Å². The van der Waals surface area contributed by atoms with Crippen LogP contribution >= 0.6 is 0 Å². The molecule has 1 aromatic heterocycles. The van der Waals surface area contributed by atoms with E-state index in [9.17, 15) is 9.59 Å². The first kappa shape index (κ1) is 21.2. The van der Waals surface area contributed by atoms with Gasteiger partial charge in [0.25, 0.3) is 0 Å². The van der Waals surface area contributed by atoms with Gasteiger partial charge >= 0.3 is 0 Å². The molecule has 0 saturated heterocycles. The van der Waals surface area contributed by atoms with Crippen LogP contribution in [0.4, 0.5) is 0 Å². The molecule has 2 atom stereocenters. The van der Waals surface area contributed by atoms with Crippen molar-refractivity contribution >= 4 is 11.6 Å². The van der Waals surface area contributed by atoms with Crippen LogP contribution in [0.25, 0.3) is 0 Å². The fourth-order valence-electron chi connectivity index (χ4n) is 2.92. The van der Waals surface area contributed by atoms with Gasteiger partial charge in [-0.25, -0.2) is 4.68 Å². The number of nitrogens with zero attached hydrogens (tertiary/aromatic N) is 3. The Morgan fingerprint density at radius 3 is 3.07 bits per heavy atom. The molecule has 8 heteroatoms. The fraction of sp³-hybridized carbons (Fsp3) is 0.684. The molecule has 27 heavy (non-hydrogen) atoms. The number of rotatable bonds is 4. The zero-order chi connectivity index (χ0) is 19.5. The topological polar surface area (TPSA) is 98.1 Å². The number of carbonyl (C=O) groups is 2. The number of ketones is 2. The zero-order valence-electron chi connectivity index (χ0n) is 16.2. The molecule has 0 bridgehead atoms. The molecule has 1 aromatic rings. The Balaban J connectivity index is 2.09. The predicted molar refractivity (Wildman–Crippen MR) is 101 cm³/mol. The monoisotopic (exact) mass is 375 g/mol. The molecule has 0 aromatic carbocycles. The van der Waals surface area contributed by atoms with E-state index in [0.717, 1.165) is 37.9 Å². The van der Waals surface area contributed by atoms with Gasteiger partial charge in [0.05, 0.1) is 31.1 Å². The number of nitrogens with one attached hydrogen (secondary N) is 2. The van der Waals surface area contributed by atoms with Crippen molar-refractivity contribution in [1.29, 1.82) is 0 Å². The van der Waals surface area contributed by atoms with Crippen LogP contribution in [0.5, 0.6) is 0 Å². The van der Waals surface area contributed by atoms with Crippen LogP contribution in [0, 0.1) is 11.8 Å². The van der Waals surface area contributed by atoms with Crippen LogP contribution in [0.2, 0.25) is 0 Å². The number of hydrogen-bond acceptors (Lipinski definition) is 7. The molecule has 0 aliphatic carbocycles. The minimum atomic E-state index is -0.708. The highest BCUT2D eigenvalue weighted by Crippen LogP contribution is 2.09. The summed E-state index contributed by atoms with van der Waals surface area (Å²) in [5.74, 6) is 5.89. The van der Waals surface area contributed by atoms with Gasteiger partial charge in [-0.1, -0.05) is 17.6 Å². The summed E-state index contributed by atoms with van der Waals surface area (Å²) in [5, 5.41) is 11.2. The van der Waals surface area contributed by atoms with Gasteiger partial charge in [0.2, 0.25) is 0 Å². The molecule has 2 N–H and O–H groups in total. The number of fused-ring (bicyclic) bond motifs is 1. The van der Waals surface area contributed by atoms with E-state index in [2.05, 4.69) is 32.9 Å². The first-order valence-electron chi connectivity index (χ1n) is 9.61. The number of Topliss-reactive ketones (excluding diaryl/α,β-unsaturated/α-hetero) is 2. The third-order valence-corrected chi connectivity index (χ3v) is 4.47. The van der Waals surface area contributed by atoms with Crippen LogP contribution in [-0.4, -0.2) is 51.8 Å². The molecule has 1 aliphatic heterocycles. The summed E-state index contributed by atoms with van der Waals surface area (Å²) in [6.45, 7) is 4.65. The van der Waals surface area contributed by atoms with Gasteiger partial charge in [-0.05, 0) is 39.5 Å². The minimum absolute atomic E-state index is 0.0380. The second-order valence-electron chi connectivity index (χ2n) is 6.61. The lowest BCUT2D eigenvalue weighted by Gasteiger charge is -2.17. The van der Waals surface area contributed by atoms with E-state index < -0.39 is 6.04 Å². The van der Waals surface area contributed by atoms with Crippen molar-refractivity contribution in [1.82, 2.24) is 25.8 Å². The third-order valence-electron chi connectivity index (χ3n) is 4.47. The summed E-state index contributed by atoms with van der Waals surface area (Å²) in [4.78, 5) is 29.5. The SMILES string of the molecule is CCONC1C#CCCCn2nncc2CCCCC(C(C)=O)NCC1=O. The largest absolute Gasteiger partial charge is 0.300 e. The van der Waals surface area contributed by atoms with Gasteiger partial charge in [-0.2, -0.15) is 5.48 Å². The van der Waals surface area contributed by atoms with Gasteiger partial charge in [0.15, 0.2) is 11.8 Å². The van der Waals surface area contributed by atoms with E-state index in [1.54, 1.807) is 13.1 Å². The molecule has 8 nitrogen and oxygen atoms in total. The van der Waals surface area contributed by atoms with Crippen molar-refractivity contribution in [3.63, 3.8) is 0 Å². The average molecular weight is 375 g/mol. The summed E-state index contributed by atoms with van der Waals surface area (Å²) in [6.07, 6.45) is 6.69. The summed E-state index contributed by atoms with van der Waals surface area (Å²) in [7, 11) is 0.